The van der Waals surface area contributed by atoms with Crippen LogP contribution >= 0.6 is 0 Å². The molecule has 136 valence electrons. The van der Waals surface area contributed by atoms with Gasteiger partial charge in [0.15, 0.2) is 16.4 Å². The first kappa shape index (κ1) is 19.1. The van der Waals surface area contributed by atoms with Crippen LogP contribution in [-0.2, 0) is 16.6 Å². The summed E-state index contributed by atoms with van der Waals surface area (Å²) in [5.74, 6) is -1.31. The highest BCUT2D eigenvalue weighted by Gasteiger charge is 2.30. The molecule has 25 heavy (non-hydrogen) atoms. The zero-order chi connectivity index (χ0) is 18.6. The summed E-state index contributed by atoms with van der Waals surface area (Å²) in [6, 6.07) is 7.87. The number of hydrogen-bond donors (Lipinski definition) is 0. The quantitative estimate of drug-likeness (QED) is 0.750. The van der Waals surface area contributed by atoms with Gasteiger partial charge in [0.2, 0.25) is 10.0 Å². The minimum atomic E-state index is -4.33. The predicted molar refractivity (Wildman–Crippen MR) is 89.2 cm³/mol. The third-order valence-corrected chi connectivity index (χ3v) is 5.65. The van der Waals surface area contributed by atoms with E-state index in [2.05, 4.69) is 0 Å². The van der Waals surface area contributed by atoms with Crippen LogP contribution < -0.4 is 9.47 Å². The maximum Gasteiger partial charge on any atom is 0.249 e. The molecular weight excluding hydrogens is 352 g/mol. The van der Waals surface area contributed by atoms with Gasteiger partial charge >= 0.3 is 0 Å². The number of nitrogens with zero attached hydrogens (tertiary/aromatic N) is 1. The predicted octanol–water partition coefficient (Wildman–Crippen LogP) is 3.19. The van der Waals surface area contributed by atoms with Crippen LogP contribution in [0.4, 0.5) is 8.78 Å². The topological polar surface area (TPSA) is 55.8 Å². The molecule has 2 rings (SSSR count). The van der Waals surface area contributed by atoms with E-state index in [-0.39, 0.29) is 13.1 Å². The largest absolute Gasteiger partial charge is 0.493 e. The average molecular weight is 371 g/mol. The fraction of sp³-hybridized carbons (Fsp3) is 0.294. The van der Waals surface area contributed by atoms with Gasteiger partial charge < -0.3 is 9.47 Å². The maximum atomic E-state index is 13.9. The summed E-state index contributed by atoms with van der Waals surface area (Å²) < 4.78 is 64.5. The summed E-state index contributed by atoms with van der Waals surface area (Å²) >= 11 is 0. The van der Waals surface area contributed by atoms with Gasteiger partial charge in [-0.05, 0) is 29.8 Å². The van der Waals surface area contributed by atoms with Crippen LogP contribution in [0.5, 0.6) is 11.5 Å². The molecule has 0 saturated carbocycles. The van der Waals surface area contributed by atoms with Crippen molar-refractivity contribution in [2.75, 3.05) is 20.8 Å². The summed E-state index contributed by atoms with van der Waals surface area (Å²) in [6.45, 7) is 1.58. The molecule has 8 heteroatoms. The van der Waals surface area contributed by atoms with Crippen molar-refractivity contribution >= 4 is 10.0 Å². The minimum Gasteiger partial charge on any atom is -0.493 e. The molecule has 0 N–H and O–H groups in total. The van der Waals surface area contributed by atoms with Crippen molar-refractivity contribution in [2.45, 2.75) is 18.4 Å². The van der Waals surface area contributed by atoms with Gasteiger partial charge in [-0.25, -0.2) is 17.2 Å². The molecule has 0 spiro atoms. The molecule has 0 atom stereocenters. The molecule has 0 heterocycles. The van der Waals surface area contributed by atoms with E-state index >= 15 is 0 Å². The van der Waals surface area contributed by atoms with Crippen molar-refractivity contribution in [2.24, 2.45) is 0 Å². The Labute approximate surface area is 145 Å². The lowest BCUT2D eigenvalue weighted by Gasteiger charge is -2.21. The van der Waals surface area contributed by atoms with Gasteiger partial charge in [0, 0.05) is 13.1 Å². The number of hydrogen-bond acceptors (Lipinski definition) is 4. The highest BCUT2D eigenvalue weighted by molar-refractivity contribution is 7.89. The average Bonchev–Trinajstić information content (AvgIpc) is 2.58. The van der Waals surface area contributed by atoms with Crippen molar-refractivity contribution in [3.05, 3.63) is 53.6 Å². The Balaban J connectivity index is 2.40. The zero-order valence-electron chi connectivity index (χ0n) is 14.1. The third-order valence-electron chi connectivity index (χ3n) is 3.68. The number of ether oxygens (including phenoxy) is 2. The summed E-state index contributed by atoms with van der Waals surface area (Å²) in [7, 11) is -1.38. The second-order valence-electron chi connectivity index (χ2n) is 5.17. The van der Waals surface area contributed by atoms with Crippen LogP contribution in [0.25, 0.3) is 0 Å². The van der Waals surface area contributed by atoms with E-state index in [0.29, 0.717) is 17.1 Å². The van der Waals surface area contributed by atoms with Gasteiger partial charge in [-0.2, -0.15) is 4.31 Å². The van der Waals surface area contributed by atoms with E-state index in [1.165, 1.54) is 14.2 Å². The molecule has 0 radical (unpaired) electrons. The standard InChI is InChI=1S/C17H19F2NO4S/c1-4-20(11-12-8-9-15(23-2)16(10-12)24-3)25(21,22)17-13(18)6-5-7-14(17)19/h5-10H,4,11H2,1-3H3. The fourth-order valence-electron chi connectivity index (χ4n) is 2.41. The van der Waals surface area contributed by atoms with Crippen molar-refractivity contribution in [1.82, 2.24) is 4.31 Å². The second kappa shape index (κ2) is 7.79. The molecule has 0 aliphatic rings. The van der Waals surface area contributed by atoms with Crippen molar-refractivity contribution in [1.29, 1.82) is 0 Å². The van der Waals surface area contributed by atoms with Crippen LogP contribution in [0.1, 0.15) is 12.5 Å². The highest BCUT2D eigenvalue weighted by Crippen LogP contribution is 2.29. The van der Waals surface area contributed by atoms with Gasteiger partial charge in [0.05, 0.1) is 14.2 Å². The number of benzene rings is 2. The van der Waals surface area contributed by atoms with E-state index in [0.717, 1.165) is 22.5 Å². The van der Waals surface area contributed by atoms with Gasteiger partial charge in [-0.1, -0.05) is 19.1 Å². The monoisotopic (exact) mass is 371 g/mol. The Hall–Kier alpha value is -2.19. The summed E-state index contributed by atoms with van der Waals surface area (Å²) in [6.07, 6.45) is 0. The summed E-state index contributed by atoms with van der Waals surface area (Å²) in [5, 5.41) is 0. The van der Waals surface area contributed by atoms with Gasteiger partial charge in [0.1, 0.15) is 11.6 Å². The molecule has 2 aromatic rings. The molecule has 2 aromatic carbocycles. The SMILES string of the molecule is CCN(Cc1ccc(OC)c(OC)c1)S(=O)(=O)c1c(F)cccc1F. The second-order valence-corrected chi connectivity index (χ2v) is 7.05. The van der Waals surface area contributed by atoms with E-state index in [1.54, 1.807) is 25.1 Å². The Kier molecular flexibility index (Phi) is 5.97. The molecular formula is C17H19F2NO4S. The van der Waals surface area contributed by atoms with Crippen molar-refractivity contribution in [3.63, 3.8) is 0 Å². The molecule has 5 nitrogen and oxygen atoms in total. The summed E-state index contributed by atoms with van der Waals surface area (Å²) in [4.78, 5) is -0.947. The minimum absolute atomic E-state index is 0.0461. The first-order chi connectivity index (χ1) is 11.8. The summed E-state index contributed by atoms with van der Waals surface area (Å²) in [5.41, 5.74) is 0.597. The molecule has 0 amide bonds. The third kappa shape index (κ3) is 3.91. The highest BCUT2D eigenvalue weighted by atomic mass is 32.2. The molecule has 0 unspecified atom stereocenters. The molecule has 0 aliphatic carbocycles. The van der Waals surface area contributed by atoms with Crippen molar-refractivity contribution < 1.29 is 26.7 Å². The van der Waals surface area contributed by atoms with E-state index < -0.39 is 26.6 Å². The first-order valence-corrected chi connectivity index (χ1v) is 8.94. The van der Waals surface area contributed by atoms with Crippen molar-refractivity contribution in [3.8, 4) is 11.5 Å². The lowest BCUT2D eigenvalue weighted by atomic mass is 10.2. The first-order valence-electron chi connectivity index (χ1n) is 7.50. The number of sulfonamides is 1. The van der Waals surface area contributed by atoms with Crippen LogP contribution in [0.2, 0.25) is 0 Å². The maximum absolute atomic E-state index is 13.9. The van der Waals surface area contributed by atoms with E-state index in [1.807, 2.05) is 0 Å². The molecule has 0 saturated heterocycles. The Morgan fingerprint density at radius 1 is 1.00 bits per heavy atom. The van der Waals surface area contributed by atoms with Gasteiger partial charge in [-0.15, -0.1) is 0 Å². The number of rotatable bonds is 7. The lowest BCUT2D eigenvalue weighted by molar-refractivity contribution is 0.353. The van der Waals surface area contributed by atoms with Crippen LogP contribution in [-0.4, -0.2) is 33.5 Å². The smallest absolute Gasteiger partial charge is 0.249 e. The van der Waals surface area contributed by atoms with E-state index in [9.17, 15) is 17.2 Å². The number of halogens is 2. The fourth-order valence-corrected chi connectivity index (χ4v) is 3.95. The Morgan fingerprint density at radius 2 is 1.60 bits per heavy atom. The van der Waals surface area contributed by atoms with E-state index in [4.69, 9.17) is 9.47 Å². The van der Waals surface area contributed by atoms with Crippen LogP contribution in [0, 0.1) is 11.6 Å². The van der Waals surface area contributed by atoms with Gasteiger partial charge in [-0.3, -0.25) is 0 Å². The number of methoxy groups -OCH3 is 2. The Morgan fingerprint density at radius 3 is 2.12 bits per heavy atom. The molecule has 0 aliphatic heterocycles. The molecule has 0 fully saturated rings. The molecule has 0 aromatic heterocycles. The van der Waals surface area contributed by atoms with Gasteiger partial charge in [0.25, 0.3) is 0 Å². The zero-order valence-corrected chi connectivity index (χ0v) is 14.9. The normalized spacial score (nSPS) is 11.6. The van der Waals surface area contributed by atoms with Crippen LogP contribution in [0.3, 0.4) is 0 Å². The lowest BCUT2D eigenvalue weighted by Crippen LogP contribution is -2.31. The van der Waals surface area contributed by atoms with Crippen LogP contribution in [0.15, 0.2) is 41.3 Å². The Bertz CT molecular complexity index is 835. The molecule has 0 bridgehead atoms.